The molecule has 14 heavy (non-hydrogen) atoms. The van der Waals surface area contributed by atoms with Gasteiger partial charge in [0.15, 0.2) is 11.5 Å². The van der Waals surface area contributed by atoms with E-state index in [1.807, 2.05) is 12.1 Å². The van der Waals surface area contributed by atoms with Gasteiger partial charge in [0.1, 0.15) is 0 Å². The monoisotopic (exact) mass is 260 g/mol. The molecule has 0 aliphatic rings. The van der Waals surface area contributed by atoms with Gasteiger partial charge < -0.3 is 14.2 Å². The van der Waals surface area contributed by atoms with Crippen LogP contribution in [0.15, 0.2) is 12.1 Å². The minimum atomic E-state index is 0.631. The molecule has 78 valence electrons. The van der Waals surface area contributed by atoms with Gasteiger partial charge in [-0.25, -0.2) is 0 Å². The second kappa shape index (κ2) is 5.10. The molecule has 0 amide bonds. The lowest BCUT2D eigenvalue weighted by Gasteiger charge is -2.14. The molecule has 3 nitrogen and oxygen atoms in total. The van der Waals surface area contributed by atoms with E-state index in [0.29, 0.717) is 17.2 Å². The van der Waals surface area contributed by atoms with E-state index in [9.17, 15) is 0 Å². The van der Waals surface area contributed by atoms with Crippen LogP contribution in [0.2, 0.25) is 0 Å². The van der Waals surface area contributed by atoms with Gasteiger partial charge in [0.25, 0.3) is 0 Å². The van der Waals surface area contributed by atoms with Crippen LogP contribution in [-0.4, -0.2) is 21.3 Å². The Morgan fingerprint density at radius 2 is 1.64 bits per heavy atom. The zero-order valence-electron chi connectivity index (χ0n) is 8.46. The van der Waals surface area contributed by atoms with Gasteiger partial charge in [0.05, 0.1) is 21.3 Å². The Morgan fingerprint density at radius 3 is 2.07 bits per heavy atom. The molecule has 0 saturated carbocycles. The average Bonchev–Trinajstić information content (AvgIpc) is 2.26. The SMILES string of the molecule is COc1ccc(CBr)c(OC)c1OC. The van der Waals surface area contributed by atoms with E-state index in [4.69, 9.17) is 14.2 Å². The summed E-state index contributed by atoms with van der Waals surface area (Å²) in [6, 6.07) is 3.80. The topological polar surface area (TPSA) is 27.7 Å². The summed E-state index contributed by atoms with van der Waals surface area (Å²) in [5.41, 5.74) is 1.03. The number of hydrogen-bond acceptors (Lipinski definition) is 3. The van der Waals surface area contributed by atoms with E-state index in [1.165, 1.54) is 0 Å². The summed E-state index contributed by atoms with van der Waals surface area (Å²) < 4.78 is 15.7. The maximum Gasteiger partial charge on any atom is 0.203 e. The van der Waals surface area contributed by atoms with Crippen molar-refractivity contribution in [3.05, 3.63) is 17.7 Å². The second-order valence-corrected chi connectivity index (χ2v) is 3.19. The molecule has 0 bridgehead atoms. The number of halogens is 1. The molecule has 0 unspecified atom stereocenters. The van der Waals surface area contributed by atoms with Crippen LogP contribution >= 0.6 is 15.9 Å². The lowest BCUT2D eigenvalue weighted by atomic mass is 10.2. The van der Waals surface area contributed by atoms with Gasteiger partial charge >= 0.3 is 0 Å². The zero-order chi connectivity index (χ0) is 10.6. The molecule has 1 aromatic rings. The van der Waals surface area contributed by atoms with Crippen molar-refractivity contribution in [3.63, 3.8) is 0 Å². The zero-order valence-corrected chi connectivity index (χ0v) is 10.1. The van der Waals surface area contributed by atoms with Crippen LogP contribution in [0.4, 0.5) is 0 Å². The molecule has 1 aromatic carbocycles. The molecule has 0 saturated heterocycles. The van der Waals surface area contributed by atoms with Crippen LogP contribution in [0.1, 0.15) is 5.56 Å². The van der Waals surface area contributed by atoms with Crippen molar-refractivity contribution >= 4 is 15.9 Å². The average molecular weight is 261 g/mol. The molecule has 0 fully saturated rings. The summed E-state index contributed by atoms with van der Waals surface area (Å²) in [5, 5.41) is 0.719. The van der Waals surface area contributed by atoms with Crippen LogP contribution < -0.4 is 14.2 Å². The number of hydrogen-bond donors (Lipinski definition) is 0. The van der Waals surface area contributed by atoms with E-state index in [0.717, 1.165) is 10.9 Å². The Morgan fingerprint density at radius 1 is 1.00 bits per heavy atom. The second-order valence-electron chi connectivity index (χ2n) is 2.63. The molecule has 0 aromatic heterocycles. The summed E-state index contributed by atoms with van der Waals surface area (Å²) in [5.74, 6) is 2.02. The van der Waals surface area contributed by atoms with Gasteiger partial charge in [0.2, 0.25) is 5.75 Å². The predicted octanol–water partition coefficient (Wildman–Crippen LogP) is 2.61. The highest BCUT2D eigenvalue weighted by Gasteiger charge is 2.14. The number of benzene rings is 1. The van der Waals surface area contributed by atoms with Gasteiger partial charge in [-0.15, -0.1) is 0 Å². The van der Waals surface area contributed by atoms with Gasteiger partial charge in [0, 0.05) is 10.9 Å². The quantitative estimate of drug-likeness (QED) is 0.780. The number of alkyl halides is 1. The van der Waals surface area contributed by atoms with Crippen molar-refractivity contribution < 1.29 is 14.2 Å². The highest BCUT2D eigenvalue weighted by Crippen LogP contribution is 2.40. The first-order valence-corrected chi connectivity index (χ1v) is 5.24. The summed E-state index contributed by atoms with van der Waals surface area (Å²) in [4.78, 5) is 0. The van der Waals surface area contributed by atoms with Gasteiger partial charge in [-0.05, 0) is 6.07 Å². The van der Waals surface area contributed by atoms with Crippen molar-refractivity contribution in [2.75, 3.05) is 21.3 Å². The first-order chi connectivity index (χ1) is 6.78. The van der Waals surface area contributed by atoms with Gasteiger partial charge in [-0.1, -0.05) is 22.0 Å². The predicted molar refractivity (Wildman–Crippen MR) is 58.7 cm³/mol. The Kier molecular flexibility index (Phi) is 4.07. The molecule has 0 radical (unpaired) electrons. The molecular formula is C10H13BrO3. The molecule has 0 heterocycles. The van der Waals surface area contributed by atoms with E-state index in [2.05, 4.69) is 15.9 Å². The fourth-order valence-corrected chi connectivity index (χ4v) is 1.71. The summed E-state index contributed by atoms with van der Waals surface area (Å²) in [7, 11) is 4.81. The maximum atomic E-state index is 5.27. The minimum Gasteiger partial charge on any atom is -0.493 e. The normalized spacial score (nSPS) is 9.71. The summed E-state index contributed by atoms with van der Waals surface area (Å²) in [6.07, 6.45) is 0. The Bertz CT molecular complexity index is 281. The molecule has 0 aliphatic heterocycles. The first kappa shape index (κ1) is 11.2. The van der Waals surface area contributed by atoms with Crippen molar-refractivity contribution in [1.82, 2.24) is 0 Å². The van der Waals surface area contributed by atoms with Crippen molar-refractivity contribution in [2.24, 2.45) is 0 Å². The largest absolute Gasteiger partial charge is 0.493 e. The number of rotatable bonds is 4. The summed E-state index contributed by atoms with van der Waals surface area (Å²) in [6.45, 7) is 0. The van der Waals surface area contributed by atoms with E-state index >= 15 is 0 Å². The Labute approximate surface area is 92.1 Å². The van der Waals surface area contributed by atoms with Crippen molar-refractivity contribution in [3.8, 4) is 17.2 Å². The fraction of sp³-hybridized carbons (Fsp3) is 0.400. The molecule has 0 spiro atoms. The Hall–Kier alpha value is -0.900. The Balaban J connectivity index is 3.28. The van der Waals surface area contributed by atoms with Crippen LogP contribution in [0.25, 0.3) is 0 Å². The van der Waals surface area contributed by atoms with E-state index in [-0.39, 0.29) is 0 Å². The highest BCUT2D eigenvalue weighted by atomic mass is 79.9. The lowest BCUT2D eigenvalue weighted by Crippen LogP contribution is -1.97. The fourth-order valence-electron chi connectivity index (χ4n) is 1.27. The third kappa shape index (κ3) is 1.95. The molecule has 0 aliphatic carbocycles. The summed E-state index contributed by atoms with van der Waals surface area (Å²) >= 11 is 3.38. The molecule has 0 N–H and O–H groups in total. The standard InChI is InChI=1S/C10H13BrO3/c1-12-8-5-4-7(6-11)9(13-2)10(8)14-3/h4-5H,6H2,1-3H3. The lowest BCUT2D eigenvalue weighted by molar-refractivity contribution is 0.323. The third-order valence-corrected chi connectivity index (χ3v) is 2.53. The van der Waals surface area contributed by atoms with Crippen LogP contribution in [0.3, 0.4) is 0 Å². The third-order valence-electron chi connectivity index (χ3n) is 1.93. The number of methoxy groups -OCH3 is 3. The maximum absolute atomic E-state index is 5.27. The number of ether oxygens (including phenoxy) is 3. The van der Waals surface area contributed by atoms with Gasteiger partial charge in [-0.2, -0.15) is 0 Å². The first-order valence-electron chi connectivity index (χ1n) is 4.12. The van der Waals surface area contributed by atoms with E-state index < -0.39 is 0 Å². The van der Waals surface area contributed by atoms with Crippen molar-refractivity contribution in [2.45, 2.75) is 5.33 Å². The van der Waals surface area contributed by atoms with E-state index in [1.54, 1.807) is 21.3 Å². The molecule has 4 heteroatoms. The van der Waals surface area contributed by atoms with Crippen LogP contribution in [0, 0.1) is 0 Å². The van der Waals surface area contributed by atoms with Gasteiger partial charge in [-0.3, -0.25) is 0 Å². The molecular weight excluding hydrogens is 248 g/mol. The molecule has 0 atom stereocenters. The minimum absolute atomic E-state index is 0.631. The smallest absolute Gasteiger partial charge is 0.203 e. The van der Waals surface area contributed by atoms with Crippen LogP contribution in [-0.2, 0) is 5.33 Å². The van der Waals surface area contributed by atoms with Crippen LogP contribution in [0.5, 0.6) is 17.2 Å². The molecule has 1 rings (SSSR count). The van der Waals surface area contributed by atoms with Crippen molar-refractivity contribution in [1.29, 1.82) is 0 Å². The highest BCUT2D eigenvalue weighted by molar-refractivity contribution is 9.08.